The first kappa shape index (κ1) is 11.6. The highest BCUT2D eigenvalue weighted by molar-refractivity contribution is 9.10. The zero-order valence-corrected chi connectivity index (χ0v) is 10.5. The fourth-order valence-corrected chi connectivity index (χ4v) is 1.99. The van der Waals surface area contributed by atoms with Crippen LogP contribution in [-0.4, -0.2) is 18.6 Å². The molecule has 86 valence electrons. The Kier molecular flexibility index (Phi) is 3.96. The van der Waals surface area contributed by atoms with Crippen LogP contribution in [0.5, 0.6) is 0 Å². The molecule has 1 atom stereocenters. The van der Waals surface area contributed by atoms with Gasteiger partial charge in [0.05, 0.1) is 0 Å². The summed E-state index contributed by atoms with van der Waals surface area (Å²) in [6.07, 6.45) is 1.94. The Morgan fingerprint density at radius 3 is 2.81 bits per heavy atom. The van der Waals surface area contributed by atoms with Gasteiger partial charge in [0.2, 0.25) is 0 Å². The van der Waals surface area contributed by atoms with Crippen LogP contribution in [0.1, 0.15) is 18.4 Å². The summed E-state index contributed by atoms with van der Waals surface area (Å²) in [5.74, 6) is -0.139. The fourth-order valence-electron chi connectivity index (χ4n) is 1.72. The number of carbonyl (C=O) groups is 1. The van der Waals surface area contributed by atoms with Crippen molar-refractivity contribution in [3.63, 3.8) is 0 Å². The molecule has 1 aromatic carbocycles. The maximum Gasteiger partial charge on any atom is 0.323 e. The summed E-state index contributed by atoms with van der Waals surface area (Å²) in [5.41, 5.74) is 1.01. The van der Waals surface area contributed by atoms with Crippen LogP contribution in [0.4, 0.5) is 0 Å². The van der Waals surface area contributed by atoms with E-state index in [1.54, 1.807) is 0 Å². The van der Waals surface area contributed by atoms with Gasteiger partial charge >= 0.3 is 5.97 Å². The summed E-state index contributed by atoms with van der Waals surface area (Å²) in [4.78, 5) is 11.6. The molecule has 3 nitrogen and oxygen atoms in total. The van der Waals surface area contributed by atoms with Crippen LogP contribution >= 0.6 is 15.9 Å². The van der Waals surface area contributed by atoms with E-state index in [9.17, 15) is 4.79 Å². The van der Waals surface area contributed by atoms with Crippen molar-refractivity contribution in [3.05, 3.63) is 34.3 Å². The van der Waals surface area contributed by atoms with Crippen molar-refractivity contribution in [2.75, 3.05) is 6.54 Å². The van der Waals surface area contributed by atoms with Crippen molar-refractivity contribution >= 4 is 21.9 Å². The van der Waals surface area contributed by atoms with E-state index < -0.39 is 0 Å². The molecule has 1 fully saturated rings. The standard InChI is InChI=1S/C12H14BrNO2/c13-10-5-3-9(4-6-10)8-16-12(15)11-2-1-7-14-11/h3-6,11,14H,1-2,7-8H2/t11-/m0/s1. The number of rotatable bonds is 3. The molecule has 1 aromatic rings. The topological polar surface area (TPSA) is 38.3 Å². The van der Waals surface area contributed by atoms with Gasteiger partial charge in [-0.2, -0.15) is 0 Å². The van der Waals surface area contributed by atoms with E-state index in [4.69, 9.17) is 4.74 Å². The second-order valence-corrected chi connectivity index (χ2v) is 4.80. The first-order valence-corrected chi connectivity index (χ1v) is 6.19. The minimum Gasteiger partial charge on any atom is -0.460 e. The van der Waals surface area contributed by atoms with Crippen LogP contribution in [0.3, 0.4) is 0 Å². The lowest BCUT2D eigenvalue weighted by Crippen LogP contribution is -2.32. The summed E-state index contributed by atoms with van der Waals surface area (Å²) < 4.78 is 6.26. The van der Waals surface area contributed by atoms with Crippen LogP contribution in [0, 0.1) is 0 Å². The summed E-state index contributed by atoms with van der Waals surface area (Å²) >= 11 is 3.36. The number of ether oxygens (including phenoxy) is 1. The summed E-state index contributed by atoms with van der Waals surface area (Å²) in [6, 6.07) is 7.67. The summed E-state index contributed by atoms with van der Waals surface area (Å²) in [7, 11) is 0. The summed E-state index contributed by atoms with van der Waals surface area (Å²) in [6.45, 7) is 1.27. The average Bonchev–Trinajstić information content (AvgIpc) is 2.81. The number of halogens is 1. The number of esters is 1. The molecule has 1 N–H and O–H groups in total. The Hall–Kier alpha value is -0.870. The smallest absolute Gasteiger partial charge is 0.323 e. The van der Waals surface area contributed by atoms with Crippen LogP contribution < -0.4 is 5.32 Å². The molecule has 4 heteroatoms. The van der Waals surface area contributed by atoms with Crippen LogP contribution in [0.2, 0.25) is 0 Å². The van der Waals surface area contributed by atoms with Gasteiger partial charge in [0.15, 0.2) is 0 Å². The maximum atomic E-state index is 11.6. The largest absolute Gasteiger partial charge is 0.460 e. The Morgan fingerprint density at radius 1 is 1.44 bits per heavy atom. The molecule has 0 aliphatic carbocycles. The number of hydrogen-bond donors (Lipinski definition) is 1. The molecule has 2 rings (SSSR count). The van der Waals surface area contributed by atoms with Crippen LogP contribution in [-0.2, 0) is 16.1 Å². The van der Waals surface area contributed by atoms with Crippen LogP contribution in [0.25, 0.3) is 0 Å². The number of nitrogens with one attached hydrogen (secondary N) is 1. The van der Waals surface area contributed by atoms with Crippen molar-refractivity contribution in [1.82, 2.24) is 5.32 Å². The van der Waals surface area contributed by atoms with Crippen molar-refractivity contribution in [2.24, 2.45) is 0 Å². The maximum absolute atomic E-state index is 11.6. The lowest BCUT2D eigenvalue weighted by molar-refractivity contribution is -0.147. The van der Waals surface area contributed by atoms with Gasteiger partial charge in [-0.3, -0.25) is 4.79 Å². The molecule has 1 aliphatic rings. The second kappa shape index (κ2) is 5.46. The molecule has 0 amide bonds. The molecule has 16 heavy (non-hydrogen) atoms. The van der Waals surface area contributed by atoms with Gasteiger partial charge in [0, 0.05) is 4.47 Å². The summed E-state index contributed by atoms with van der Waals surface area (Å²) in [5, 5.41) is 3.12. The van der Waals surface area contributed by atoms with Gasteiger partial charge in [-0.15, -0.1) is 0 Å². The lowest BCUT2D eigenvalue weighted by atomic mass is 10.2. The molecule has 1 heterocycles. The Morgan fingerprint density at radius 2 is 2.19 bits per heavy atom. The van der Waals surface area contributed by atoms with Crippen molar-refractivity contribution in [2.45, 2.75) is 25.5 Å². The molecular formula is C12H14BrNO2. The molecule has 0 aromatic heterocycles. The average molecular weight is 284 g/mol. The van der Waals surface area contributed by atoms with E-state index >= 15 is 0 Å². The monoisotopic (exact) mass is 283 g/mol. The molecule has 1 aliphatic heterocycles. The van der Waals surface area contributed by atoms with Gasteiger partial charge in [-0.25, -0.2) is 0 Å². The quantitative estimate of drug-likeness (QED) is 0.865. The van der Waals surface area contributed by atoms with E-state index in [-0.39, 0.29) is 12.0 Å². The van der Waals surface area contributed by atoms with Crippen molar-refractivity contribution < 1.29 is 9.53 Å². The van der Waals surface area contributed by atoms with Crippen LogP contribution in [0.15, 0.2) is 28.7 Å². The van der Waals surface area contributed by atoms with Gasteiger partial charge in [0.1, 0.15) is 12.6 Å². The van der Waals surface area contributed by atoms with Gasteiger partial charge < -0.3 is 10.1 Å². The zero-order valence-electron chi connectivity index (χ0n) is 8.91. The number of benzene rings is 1. The van der Waals surface area contributed by atoms with Gasteiger partial charge in [-0.1, -0.05) is 28.1 Å². The highest BCUT2D eigenvalue weighted by atomic mass is 79.9. The third kappa shape index (κ3) is 3.06. The first-order valence-electron chi connectivity index (χ1n) is 5.40. The number of hydrogen-bond acceptors (Lipinski definition) is 3. The van der Waals surface area contributed by atoms with E-state index in [2.05, 4.69) is 21.2 Å². The minimum absolute atomic E-state index is 0.101. The van der Waals surface area contributed by atoms with E-state index in [1.807, 2.05) is 24.3 Å². The van der Waals surface area contributed by atoms with E-state index in [0.29, 0.717) is 6.61 Å². The normalized spacial score (nSPS) is 19.7. The highest BCUT2D eigenvalue weighted by Crippen LogP contribution is 2.12. The first-order chi connectivity index (χ1) is 7.75. The predicted octanol–water partition coefficient (Wildman–Crippen LogP) is 2.24. The number of carbonyl (C=O) groups excluding carboxylic acids is 1. The zero-order chi connectivity index (χ0) is 11.4. The lowest BCUT2D eigenvalue weighted by Gasteiger charge is -2.10. The van der Waals surface area contributed by atoms with Gasteiger partial charge in [0.25, 0.3) is 0 Å². The van der Waals surface area contributed by atoms with Crippen molar-refractivity contribution in [1.29, 1.82) is 0 Å². The SMILES string of the molecule is O=C(OCc1ccc(Br)cc1)[C@@H]1CCCN1. The molecule has 0 radical (unpaired) electrons. The molecule has 0 unspecified atom stereocenters. The van der Waals surface area contributed by atoms with E-state index in [0.717, 1.165) is 29.4 Å². The molecule has 0 spiro atoms. The molecule has 0 bridgehead atoms. The molecule has 1 saturated heterocycles. The Bertz CT molecular complexity index is 358. The van der Waals surface area contributed by atoms with Crippen molar-refractivity contribution in [3.8, 4) is 0 Å². The second-order valence-electron chi connectivity index (χ2n) is 3.88. The fraction of sp³-hybridized carbons (Fsp3) is 0.417. The third-order valence-corrected chi connectivity index (χ3v) is 3.17. The van der Waals surface area contributed by atoms with Gasteiger partial charge in [-0.05, 0) is 37.1 Å². The van der Waals surface area contributed by atoms with E-state index in [1.165, 1.54) is 0 Å². The molecule has 0 saturated carbocycles. The predicted molar refractivity (Wildman–Crippen MR) is 65.0 cm³/mol. The Labute approximate surface area is 103 Å². The highest BCUT2D eigenvalue weighted by Gasteiger charge is 2.23. The Balaban J connectivity index is 1.82. The minimum atomic E-state index is -0.139. The third-order valence-electron chi connectivity index (χ3n) is 2.64. The molecular weight excluding hydrogens is 270 g/mol.